The van der Waals surface area contributed by atoms with E-state index in [1.807, 2.05) is 0 Å². The summed E-state index contributed by atoms with van der Waals surface area (Å²) in [6.07, 6.45) is 0.536. The SMILES string of the molecule is COCCCN(C)S(=O)(=O)c1ccc(C#CCN)cc1F. The smallest absolute Gasteiger partial charge is 0.245 e. The van der Waals surface area contributed by atoms with Crippen LogP contribution in [0.3, 0.4) is 0 Å². The maximum atomic E-state index is 14.0. The van der Waals surface area contributed by atoms with Crippen LogP contribution < -0.4 is 5.73 Å². The minimum absolute atomic E-state index is 0.157. The van der Waals surface area contributed by atoms with Gasteiger partial charge in [0.05, 0.1) is 6.54 Å². The van der Waals surface area contributed by atoms with Gasteiger partial charge >= 0.3 is 0 Å². The Morgan fingerprint density at radius 2 is 2.14 bits per heavy atom. The molecular weight excluding hydrogens is 295 g/mol. The number of benzene rings is 1. The van der Waals surface area contributed by atoms with Crippen LogP contribution in [0.15, 0.2) is 23.1 Å². The summed E-state index contributed by atoms with van der Waals surface area (Å²) in [7, 11) is -0.911. The molecule has 116 valence electrons. The summed E-state index contributed by atoms with van der Waals surface area (Å²) in [4.78, 5) is -0.360. The molecule has 0 amide bonds. The lowest BCUT2D eigenvalue weighted by Crippen LogP contribution is -2.29. The van der Waals surface area contributed by atoms with Crippen molar-refractivity contribution in [1.29, 1.82) is 0 Å². The first kappa shape index (κ1) is 17.6. The molecule has 1 rings (SSSR count). The van der Waals surface area contributed by atoms with Gasteiger partial charge in [-0.3, -0.25) is 0 Å². The zero-order valence-electron chi connectivity index (χ0n) is 12.1. The Bertz CT molecular complexity index is 635. The van der Waals surface area contributed by atoms with Crippen molar-refractivity contribution in [2.75, 3.05) is 33.9 Å². The maximum Gasteiger partial charge on any atom is 0.245 e. The van der Waals surface area contributed by atoms with Crippen molar-refractivity contribution in [2.45, 2.75) is 11.3 Å². The number of hydrogen-bond donors (Lipinski definition) is 1. The number of halogens is 1. The van der Waals surface area contributed by atoms with Gasteiger partial charge in [-0.05, 0) is 24.6 Å². The van der Waals surface area contributed by atoms with Crippen LogP contribution in [0.4, 0.5) is 4.39 Å². The van der Waals surface area contributed by atoms with Crippen molar-refractivity contribution in [3.05, 3.63) is 29.6 Å². The maximum absolute atomic E-state index is 14.0. The summed E-state index contributed by atoms with van der Waals surface area (Å²) in [5, 5.41) is 0. The molecule has 0 unspecified atom stereocenters. The summed E-state index contributed by atoms with van der Waals surface area (Å²) < 4.78 is 44.5. The highest BCUT2D eigenvalue weighted by Crippen LogP contribution is 2.19. The average Bonchev–Trinajstić information content (AvgIpc) is 2.45. The summed E-state index contributed by atoms with van der Waals surface area (Å²) in [6.45, 7) is 0.851. The molecule has 0 aliphatic carbocycles. The van der Waals surface area contributed by atoms with Crippen molar-refractivity contribution < 1.29 is 17.5 Å². The highest BCUT2D eigenvalue weighted by atomic mass is 32.2. The number of hydrogen-bond acceptors (Lipinski definition) is 4. The summed E-state index contributed by atoms with van der Waals surface area (Å²) in [5.41, 5.74) is 5.62. The van der Waals surface area contributed by atoms with Crippen LogP contribution in [-0.2, 0) is 14.8 Å². The predicted molar refractivity (Wildman–Crippen MR) is 78.6 cm³/mol. The second kappa shape index (κ2) is 8.10. The molecule has 0 radical (unpaired) electrons. The van der Waals surface area contributed by atoms with Crippen LogP contribution in [0, 0.1) is 17.7 Å². The molecule has 0 bridgehead atoms. The first-order valence-electron chi connectivity index (χ1n) is 6.37. The van der Waals surface area contributed by atoms with Crippen molar-refractivity contribution >= 4 is 10.0 Å². The van der Waals surface area contributed by atoms with Gasteiger partial charge in [-0.2, -0.15) is 0 Å². The Balaban J connectivity index is 2.98. The van der Waals surface area contributed by atoms with Crippen LogP contribution in [0.25, 0.3) is 0 Å². The van der Waals surface area contributed by atoms with Gasteiger partial charge in [-0.15, -0.1) is 0 Å². The van der Waals surface area contributed by atoms with Gasteiger partial charge < -0.3 is 10.5 Å². The fraction of sp³-hybridized carbons (Fsp3) is 0.429. The lowest BCUT2D eigenvalue weighted by molar-refractivity contribution is 0.189. The summed E-state index contributed by atoms with van der Waals surface area (Å²) >= 11 is 0. The van der Waals surface area contributed by atoms with E-state index in [4.69, 9.17) is 10.5 Å². The number of nitrogens with zero attached hydrogens (tertiary/aromatic N) is 1. The van der Waals surface area contributed by atoms with Gasteiger partial charge in [0.2, 0.25) is 10.0 Å². The van der Waals surface area contributed by atoms with Crippen molar-refractivity contribution in [3.8, 4) is 11.8 Å². The Morgan fingerprint density at radius 3 is 2.71 bits per heavy atom. The number of methoxy groups -OCH3 is 1. The van der Waals surface area contributed by atoms with E-state index in [1.54, 1.807) is 0 Å². The van der Waals surface area contributed by atoms with E-state index < -0.39 is 15.8 Å². The fourth-order valence-electron chi connectivity index (χ4n) is 1.66. The van der Waals surface area contributed by atoms with E-state index >= 15 is 0 Å². The zero-order valence-corrected chi connectivity index (χ0v) is 12.9. The molecule has 0 spiro atoms. The average molecular weight is 314 g/mol. The van der Waals surface area contributed by atoms with Crippen LogP contribution >= 0.6 is 0 Å². The number of sulfonamides is 1. The second-order valence-corrected chi connectivity index (χ2v) is 6.34. The van der Waals surface area contributed by atoms with Gasteiger partial charge in [0.1, 0.15) is 10.7 Å². The van der Waals surface area contributed by atoms with Crippen molar-refractivity contribution in [2.24, 2.45) is 5.73 Å². The topological polar surface area (TPSA) is 72.6 Å². The van der Waals surface area contributed by atoms with E-state index in [-0.39, 0.29) is 18.0 Å². The van der Waals surface area contributed by atoms with Gasteiger partial charge in [-0.25, -0.2) is 17.1 Å². The Kier molecular flexibility index (Phi) is 6.78. The molecule has 2 N–H and O–H groups in total. The van der Waals surface area contributed by atoms with Gasteiger partial charge in [0, 0.05) is 32.9 Å². The van der Waals surface area contributed by atoms with Crippen LogP contribution in [0.5, 0.6) is 0 Å². The molecule has 21 heavy (non-hydrogen) atoms. The van der Waals surface area contributed by atoms with Crippen molar-refractivity contribution in [3.63, 3.8) is 0 Å². The third-order valence-corrected chi connectivity index (χ3v) is 4.67. The molecule has 0 aliphatic rings. The van der Waals surface area contributed by atoms with E-state index in [1.165, 1.54) is 26.3 Å². The monoisotopic (exact) mass is 314 g/mol. The quantitative estimate of drug-likeness (QED) is 0.622. The van der Waals surface area contributed by atoms with Crippen LogP contribution in [0.2, 0.25) is 0 Å². The molecule has 0 fully saturated rings. The van der Waals surface area contributed by atoms with Crippen LogP contribution in [-0.4, -0.2) is 46.6 Å². The van der Waals surface area contributed by atoms with Gasteiger partial charge in [0.15, 0.2) is 0 Å². The zero-order chi connectivity index (χ0) is 15.9. The highest BCUT2D eigenvalue weighted by molar-refractivity contribution is 7.89. The Morgan fingerprint density at radius 1 is 1.43 bits per heavy atom. The largest absolute Gasteiger partial charge is 0.385 e. The van der Waals surface area contributed by atoms with E-state index in [0.29, 0.717) is 18.6 Å². The fourth-order valence-corrected chi connectivity index (χ4v) is 2.91. The Labute approximate surface area is 124 Å². The molecule has 0 saturated carbocycles. The molecule has 0 saturated heterocycles. The van der Waals surface area contributed by atoms with E-state index in [0.717, 1.165) is 10.4 Å². The summed E-state index contributed by atoms with van der Waals surface area (Å²) in [6, 6.07) is 3.78. The number of ether oxygens (including phenoxy) is 1. The van der Waals surface area contributed by atoms with Crippen molar-refractivity contribution in [1.82, 2.24) is 4.31 Å². The first-order valence-corrected chi connectivity index (χ1v) is 7.81. The molecule has 0 atom stereocenters. The minimum Gasteiger partial charge on any atom is -0.385 e. The number of rotatable bonds is 6. The standard InChI is InChI=1S/C14H19FN2O3S/c1-17(9-4-10-20-2)21(18,19)14-7-6-12(5-3-8-16)11-13(14)15/h6-7,11H,4,8-10,16H2,1-2H3. The molecule has 1 aromatic rings. The van der Waals surface area contributed by atoms with E-state index in [2.05, 4.69) is 11.8 Å². The third-order valence-electron chi connectivity index (χ3n) is 2.78. The lowest BCUT2D eigenvalue weighted by atomic mass is 10.2. The van der Waals surface area contributed by atoms with Crippen LogP contribution in [0.1, 0.15) is 12.0 Å². The first-order chi connectivity index (χ1) is 9.93. The summed E-state index contributed by atoms with van der Waals surface area (Å²) in [5.74, 6) is 4.42. The van der Waals surface area contributed by atoms with Gasteiger partial charge in [-0.1, -0.05) is 11.8 Å². The molecule has 5 nitrogen and oxygen atoms in total. The van der Waals surface area contributed by atoms with E-state index in [9.17, 15) is 12.8 Å². The minimum atomic E-state index is -3.86. The molecule has 1 aromatic carbocycles. The molecule has 7 heteroatoms. The molecule has 0 aliphatic heterocycles. The lowest BCUT2D eigenvalue weighted by Gasteiger charge is -2.17. The molecular formula is C14H19FN2O3S. The molecule has 0 aromatic heterocycles. The third kappa shape index (κ3) is 4.79. The predicted octanol–water partition coefficient (Wildman–Crippen LogP) is 0.793. The van der Waals surface area contributed by atoms with Gasteiger partial charge in [0.25, 0.3) is 0 Å². The molecule has 0 heterocycles. The highest BCUT2D eigenvalue weighted by Gasteiger charge is 2.24. The second-order valence-electron chi connectivity index (χ2n) is 4.32. The Hall–Kier alpha value is -1.46. The normalized spacial score (nSPS) is 11.3. The number of nitrogens with two attached hydrogens (primary N) is 1.